The second-order valence-electron chi connectivity index (χ2n) is 4.85. The molecule has 0 saturated heterocycles. The first-order chi connectivity index (χ1) is 8.07. The Balaban J connectivity index is 3.04. The third kappa shape index (κ3) is 3.85. The highest BCUT2D eigenvalue weighted by molar-refractivity contribution is 6.67. The van der Waals surface area contributed by atoms with Gasteiger partial charge < -0.3 is 0 Å². The normalized spacial score (nSPS) is 12.8. The van der Waals surface area contributed by atoms with Crippen LogP contribution < -0.4 is 0 Å². The van der Waals surface area contributed by atoms with E-state index in [0.717, 1.165) is 12.0 Å². The van der Waals surface area contributed by atoms with Gasteiger partial charge >= 0.3 is 0 Å². The van der Waals surface area contributed by atoms with Crippen molar-refractivity contribution in [2.75, 3.05) is 0 Å². The highest BCUT2D eigenvalue weighted by atomic mass is 35.5. The quantitative estimate of drug-likeness (QED) is 0.652. The van der Waals surface area contributed by atoms with Crippen molar-refractivity contribution in [1.82, 2.24) is 0 Å². The van der Waals surface area contributed by atoms with Gasteiger partial charge in [0.15, 0.2) is 0 Å². The van der Waals surface area contributed by atoms with Gasteiger partial charge in [-0.05, 0) is 41.5 Å². The maximum Gasteiger partial charge on any atom is 0.252 e. The van der Waals surface area contributed by atoms with Crippen molar-refractivity contribution in [3.05, 3.63) is 35.4 Å². The van der Waals surface area contributed by atoms with E-state index < -0.39 is 0 Å². The van der Waals surface area contributed by atoms with Crippen molar-refractivity contribution < 1.29 is 4.79 Å². The Bertz CT molecular complexity index is 371. The molecule has 0 N–H and O–H groups in total. The first-order valence-corrected chi connectivity index (χ1v) is 6.74. The van der Waals surface area contributed by atoms with Gasteiger partial charge in [0.2, 0.25) is 0 Å². The number of unbranched alkanes of at least 4 members (excludes halogenated alkanes) is 1. The summed E-state index contributed by atoms with van der Waals surface area (Å²) in [5.74, 6) is 0.951. The van der Waals surface area contributed by atoms with E-state index in [-0.39, 0.29) is 5.24 Å². The van der Waals surface area contributed by atoms with Crippen molar-refractivity contribution in [2.45, 2.75) is 46.0 Å². The topological polar surface area (TPSA) is 17.1 Å². The van der Waals surface area contributed by atoms with Gasteiger partial charge in [-0.15, -0.1) is 0 Å². The lowest BCUT2D eigenvalue weighted by atomic mass is 9.82. The summed E-state index contributed by atoms with van der Waals surface area (Å²) in [6.07, 6.45) is 3.49. The monoisotopic (exact) mass is 252 g/mol. The first kappa shape index (κ1) is 14.2. The maximum absolute atomic E-state index is 11.4. The molecule has 1 aromatic carbocycles. The molecule has 0 aliphatic rings. The Morgan fingerprint density at radius 1 is 1.29 bits per heavy atom. The van der Waals surface area contributed by atoms with Crippen molar-refractivity contribution in [3.8, 4) is 0 Å². The molecule has 2 heteroatoms. The van der Waals surface area contributed by atoms with E-state index in [9.17, 15) is 4.79 Å². The average molecular weight is 253 g/mol. The SMILES string of the molecule is CCCCC(c1ccccc1C(=O)Cl)C(C)C. The Labute approximate surface area is 109 Å². The predicted molar refractivity (Wildman–Crippen MR) is 73.7 cm³/mol. The summed E-state index contributed by atoms with van der Waals surface area (Å²) in [7, 11) is 0. The van der Waals surface area contributed by atoms with Crippen LogP contribution in [-0.2, 0) is 0 Å². The molecule has 1 aromatic rings. The summed E-state index contributed by atoms with van der Waals surface area (Å²) in [4.78, 5) is 11.4. The third-order valence-corrected chi connectivity index (χ3v) is 3.45. The van der Waals surface area contributed by atoms with E-state index >= 15 is 0 Å². The number of carbonyl (C=O) groups excluding carboxylic acids is 1. The second kappa shape index (κ2) is 6.80. The standard InChI is InChI=1S/C15H21ClO/c1-4-5-8-12(11(2)3)13-9-6-7-10-14(13)15(16)17/h6-7,9-12H,4-5,8H2,1-3H3. The van der Waals surface area contributed by atoms with Gasteiger partial charge in [-0.25, -0.2) is 0 Å². The largest absolute Gasteiger partial charge is 0.276 e. The summed E-state index contributed by atoms with van der Waals surface area (Å²) in [6, 6.07) is 7.72. The van der Waals surface area contributed by atoms with E-state index in [2.05, 4.69) is 20.8 Å². The summed E-state index contributed by atoms with van der Waals surface area (Å²) in [5, 5.41) is -0.345. The fourth-order valence-electron chi connectivity index (χ4n) is 2.27. The molecule has 1 atom stereocenters. The second-order valence-corrected chi connectivity index (χ2v) is 5.20. The van der Waals surface area contributed by atoms with Crippen LogP contribution in [-0.4, -0.2) is 5.24 Å². The fraction of sp³-hybridized carbons (Fsp3) is 0.533. The molecule has 94 valence electrons. The molecule has 17 heavy (non-hydrogen) atoms. The molecule has 0 saturated carbocycles. The van der Waals surface area contributed by atoms with Gasteiger partial charge in [-0.3, -0.25) is 4.79 Å². The van der Waals surface area contributed by atoms with Gasteiger partial charge in [0.25, 0.3) is 5.24 Å². The summed E-state index contributed by atoms with van der Waals surface area (Å²) >= 11 is 5.65. The van der Waals surface area contributed by atoms with Crippen LogP contribution in [0, 0.1) is 5.92 Å². The molecule has 0 aliphatic heterocycles. The lowest BCUT2D eigenvalue weighted by Gasteiger charge is -2.23. The van der Waals surface area contributed by atoms with Crippen LogP contribution in [0.15, 0.2) is 24.3 Å². The van der Waals surface area contributed by atoms with Crippen LogP contribution >= 0.6 is 11.6 Å². The van der Waals surface area contributed by atoms with Crippen molar-refractivity contribution in [3.63, 3.8) is 0 Å². The zero-order chi connectivity index (χ0) is 12.8. The van der Waals surface area contributed by atoms with Crippen molar-refractivity contribution in [2.24, 2.45) is 5.92 Å². The lowest BCUT2D eigenvalue weighted by molar-refractivity contribution is 0.107. The summed E-state index contributed by atoms with van der Waals surface area (Å²) < 4.78 is 0. The molecule has 0 aliphatic carbocycles. The van der Waals surface area contributed by atoms with Crippen LogP contribution in [0.4, 0.5) is 0 Å². The highest BCUT2D eigenvalue weighted by Crippen LogP contribution is 2.32. The smallest absolute Gasteiger partial charge is 0.252 e. The highest BCUT2D eigenvalue weighted by Gasteiger charge is 2.20. The number of halogens is 1. The number of rotatable bonds is 6. The van der Waals surface area contributed by atoms with Gasteiger partial charge in [-0.2, -0.15) is 0 Å². The molecule has 0 spiro atoms. The molecule has 0 fully saturated rings. The Morgan fingerprint density at radius 2 is 1.94 bits per heavy atom. The molecule has 1 rings (SSSR count). The predicted octanol–water partition coefficient (Wildman–Crippen LogP) is 5.00. The summed E-state index contributed by atoms with van der Waals surface area (Å²) in [5.41, 5.74) is 1.78. The van der Waals surface area contributed by atoms with Gasteiger partial charge in [0.1, 0.15) is 0 Å². The first-order valence-electron chi connectivity index (χ1n) is 6.36. The minimum Gasteiger partial charge on any atom is -0.276 e. The van der Waals surface area contributed by atoms with Gasteiger partial charge in [-0.1, -0.05) is 51.8 Å². The van der Waals surface area contributed by atoms with Crippen LogP contribution in [0.3, 0.4) is 0 Å². The minimum absolute atomic E-state index is 0.345. The number of hydrogen-bond donors (Lipinski definition) is 0. The Morgan fingerprint density at radius 3 is 2.47 bits per heavy atom. The molecule has 1 nitrogen and oxygen atoms in total. The molecule has 0 amide bonds. The van der Waals surface area contributed by atoms with Gasteiger partial charge in [0.05, 0.1) is 0 Å². The van der Waals surface area contributed by atoms with E-state index in [1.807, 2.05) is 24.3 Å². The molecule has 1 unspecified atom stereocenters. The Hall–Kier alpha value is -0.820. The molecule has 0 heterocycles. The Kier molecular flexibility index (Phi) is 5.70. The average Bonchev–Trinajstić information content (AvgIpc) is 2.29. The molecule has 0 bridgehead atoms. The van der Waals surface area contributed by atoms with Gasteiger partial charge in [0, 0.05) is 5.56 Å². The fourth-order valence-corrected chi connectivity index (χ4v) is 2.44. The van der Waals surface area contributed by atoms with Crippen molar-refractivity contribution in [1.29, 1.82) is 0 Å². The van der Waals surface area contributed by atoms with E-state index in [4.69, 9.17) is 11.6 Å². The van der Waals surface area contributed by atoms with Crippen LogP contribution in [0.1, 0.15) is 61.9 Å². The zero-order valence-corrected chi connectivity index (χ0v) is 11.6. The van der Waals surface area contributed by atoms with Crippen molar-refractivity contribution >= 4 is 16.8 Å². The van der Waals surface area contributed by atoms with Crippen LogP contribution in [0.2, 0.25) is 0 Å². The zero-order valence-electron chi connectivity index (χ0n) is 10.9. The molecular formula is C15H21ClO. The summed E-state index contributed by atoms with van der Waals surface area (Å²) in [6.45, 7) is 6.60. The number of benzene rings is 1. The maximum atomic E-state index is 11.4. The molecule has 0 radical (unpaired) electrons. The number of carbonyl (C=O) groups is 1. The molecule has 0 aromatic heterocycles. The van der Waals surface area contributed by atoms with Crippen LogP contribution in [0.5, 0.6) is 0 Å². The van der Waals surface area contributed by atoms with E-state index in [0.29, 0.717) is 17.4 Å². The third-order valence-electron chi connectivity index (χ3n) is 3.25. The number of hydrogen-bond acceptors (Lipinski definition) is 1. The lowest BCUT2D eigenvalue weighted by Crippen LogP contribution is -2.10. The van der Waals surface area contributed by atoms with E-state index in [1.54, 1.807) is 0 Å². The molecular weight excluding hydrogens is 232 g/mol. The van der Waals surface area contributed by atoms with Crippen LogP contribution in [0.25, 0.3) is 0 Å². The minimum atomic E-state index is -0.345. The van der Waals surface area contributed by atoms with E-state index in [1.165, 1.54) is 12.8 Å².